The van der Waals surface area contributed by atoms with Gasteiger partial charge in [-0.25, -0.2) is 10.2 Å². The van der Waals surface area contributed by atoms with Crippen LogP contribution in [-0.4, -0.2) is 24.0 Å². The molecule has 4 aromatic carbocycles. The van der Waals surface area contributed by atoms with E-state index in [1.165, 1.54) is 28.9 Å². The lowest BCUT2D eigenvalue weighted by Crippen LogP contribution is -2.18. The molecule has 0 aliphatic rings. The summed E-state index contributed by atoms with van der Waals surface area (Å²) in [6, 6.07) is 24.0. The van der Waals surface area contributed by atoms with Gasteiger partial charge in [-0.3, -0.25) is 9.59 Å². The molecule has 45 heavy (non-hydrogen) atoms. The first-order chi connectivity index (χ1) is 21.7. The quantitative estimate of drug-likeness (QED) is 0.0734. The second-order valence-corrected chi connectivity index (χ2v) is 13.6. The number of halogens is 4. The van der Waals surface area contributed by atoms with Crippen LogP contribution >= 0.6 is 73.4 Å². The number of thiophene rings is 2. The third-order valence-corrected chi connectivity index (χ3v) is 10.5. The molecule has 0 aliphatic heterocycles. The molecule has 2 aromatic heterocycles. The lowest BCUT2D eigenvalue weighted by Gasteiger charge is -2.08. The van der Waals surface area contributed by atoms with E-state index in [1.54, 1.807) is 60.7 Å². The van der Waals surface area contributed by atoms with Crippen molar-refractivity contribution in [1.82, 2.24) is 5.43 Å². The van der Waals surface area contributed by atoms with Crippen LogP contribution in [0, 0.1) is 0 Å². The van der Waals surface area contributed by atoms with Crippen molar-refractivity contribution in [3.05, 3.63) is 125 Å². The van der Waals surface area contributed by atoms with Gasteiger partial charge < -0.3 is 10.1 Å². The molecular weight excluding hydrogens is 741 g/mol. The first kappa shape index (κ1) is 31.2. The average molecular weight is 758 g/mol. The molecule has 0 bridgehead atoms. The first-order valence-corrected chi connectivity index (χ1v) is 16.5. The monoisotopic (exact) mass is 755 g/mol. The highest BCUT2D eigenvalue weighted by molar-refractivity contribution is 9.10. The maximum atomic E-state index is 13.0. The Morgan fingerprint density at radius 2 is 1.49 bits per heavy atom. The summed E-state index contributed by atoms with van der Waals surface area (Å²) < 4.78 is 8.05. The summed E-state index contributed by atoms with van der Waals surface area (Å²) >= 11 is 24.8. The molecule has 0 atom stereocenters. The minimum absolute atomic E-state index is 0.233. The van der Waals surface area contributed by atoms with E-state index >= 15 is 0 Å². The molecule has 2 N–H and O–H groups in total. The smallest absolute Gasteiger partial charge is 0.355 e. The normalized spacial score (nSPS) is 11.3. The number of anilines is 1. The molecule has 6 rings (SSSR count). The Hall–Kier alpha value is -3.77. The molecule has 224 valence electrons. The van der Waals surface area contributed by atoms with E-state index in [2.05, 4.69) is 31.8 Å². The molecule has 2 heterocycles. The van der Waals surface area contributed by atoms with Crippen molar-refractivity contribution < 1.29 is 19.1 Å². The minimum Gasteiger partial charge on any atom is -0.422 e. The van der Waals surface area contributed by atoms with E-state index < -0.39 is 11.9 Å². The molecule has 7 nitrogen and oxygen atoms in total. The summed E-state index contributed by atoms with van der Waals surface area (Å²) in [5.74, 6) is -1.23. The van der Waals surface area contributed by atoms with E-state index in [4.69, 9.17) is 39.5 Å². The molecule has 0 radical (unpaired) electrons. The first-order valence-electron chi connectivity index (χ1n) is 13.0. The molecule has 0 spiro atoms. The molecule has 0 fully saturated rings. The SMILES string of the molecule is O=C(N/N=C\c1cc(Br)ccc1OC(=O)c1sc2ccccc2c1Cl)c1ccc(NC(=O)c2sc3cc(Cl)ccc3c2Cl)cc1. The zero-order valence-corrected chi connectivity index (χ0v) is 28.1. The van der Waals surface area contributed by atoms with Gasteiger partial charge in [-0.15, -0.1) is 22.7 Å². The lowest BCUT2D eigenvalue weighted by atomic mass is 10.2. The Labute approximate surface area is 287 Å². The zero-order valence-electron chi connectivity index (χ0n) is 22.6. The highest BCUT2D eigenvalue weighted by Gasteiger charge is 2.21. The summed E-state index contributed by atoms with van der Waals surface area (Å²) in [6.45, 7) is 0. The Morgan fingerprint density at radius 1 is 0.778 bits per heavy atom. The maximum Gasteiger partial charge on any atom is 0.355 e. The van der Waals surface area contributed by atoms with E-state index in [0.29, 0.717) is 41.2 Å². The highest BCUT2D eigenvalue weighted by Crippen LogP contribution is 2.38. The van der Waals surface area contributed by atoms with E-state index in [0.717, 1.165) is 20.2 Å². The lowest BCUT2D eigenvalue weighted by molar-refractivity contribution is 0.0739. The summed E-state index contributed by atoms with van der Waals surface area (Å²) in [4.78, 5) is 39.3. The molecule has 0 saturated heterocycles. The van der Waals surface area contributed by atoms with Crippen LogP contribution < -0.4 is 15.5 Å². The summed E-state index contributed by atoms with van der Waals surface area (Å²) in [5, 5.41) is 9.61. The van der Waals surface area contributed by atoms with E-state index in [1.807, 2.05) is 24.3 Å². The van der Waals surface area contributed by atoms with Crippen molar-refractivity contribution in [3.63, 3.8) is 0 Å². The van der Waals surface area contributed by atoms with Gasteiger partial charge in [0.05, 0.1) is 16.3 Å². The number of nitrogens with zero attached hydrogens (tertiary/aromatic N) is 1. The number of ether oxygens (including phenoxy) is 1. The molecule has 6 aromatic rings. The number of esters is 1. The van der Waals surface area contributed by atoms with Gasteiger partial charge in [0.25, 0.3) is 11.8 Å². The number of carbonyl (C=O) groups is 3. The van der Waals surface area contributed by atoms with Crippen LogP contribution in [-0.2, 0) is 0 Å². The maximum absolute atomic E-state index is 13.0. The largest absolute Gasteiger partial charge is 0.422 e. The van der Waals surface area contributed by atoms with Crippen molar-refractivity contribution in [1.29, 1.82) is 0 Å². The number of hydrogen-bond donors (Lipinski definition) is 2. The minimum atomic E-state index is -0.603. The summed E-state index contributed by atoms with van der Waals surface area (Å²) in [5.41, 5.74) is 3.68. The van der Waals surface area contributed by atoms with Gasteiger partial charge in [0.15, 0.2) is 0 Å². The van der Waals surface area contributed by atoms with Crippen LogP contribution in [0.3, 0.4) is 0 Å². The Morgan fingerprint density at radius 3 is 2.27 bits per heavy atom. The molecule has 0 aliphatic carbocycles. The second-order valence-electron chi connectivity index (χ2n) is 9.43. The van der Waals surface area contributed by atoms with Crippen LogP contribution in [0.4, 0.5) is 5.69 Å². The third kappa shape index (κ3) is 6.76. The number of nitrogens with one attached hydrogen (secondary N) is 2. The van der Waals surface area contributed by atoms with Crippen LogP contribution in [0.1, 0.15) is 35.3 Å². The van der Waals surface area contributed by atoms with Gasteiger partial charge in [-0.2, -0.15) is 5.10 Å². The van der Waals surface area contributed by atoms with Crippen molar-refractivity contribution in [2.45, 2.75) is 0 Å². The van der Waals surface area contributed by atoms with Crippen LogP contribution in [0.2, 0.25) is 15.1 Å². The predicted molar refractivity (Wildman–Crippen MR) is 187 cm³/mol. The topological polar surface area (TPSA) is 96.9 Å². The highest BCUT2D eigenvalue weighted by atomic mass is 79.9. The predicted octanol–water partition coefficient (Wildman–Crippen LogP) is 10.1. The number of amides is 2. The van der Waals surface area contributed by atoms with Crippen molar-refractivity contribution in [2.24, 2.45) is 5.10 Å². The summed E-state index contributed by atoms with van der Waals surface area (Å²) in [7, 11) is 0. The molecule has 13 heteroatoms. The number of carbonyl (C=O) groups excluding carboxylic acids is 3. The molecule has 0 saturated carbocycles. The molecule has 2 amide bonds. The number of hydrazone groups is 1. The fourth-order valence-electron chi connectivity index (χ4n) is 4.31. The van der Waals surface area contributed by atoms with E-state index in [-0.39, 0.29) is 16.5 Å². The van der Waals surface area contributed by atoms with Crippen LogP contribution in [0.25, 0.3) is 20.2 Å². The Balaban J connectivity index is 1.11. The third-order valence-electron chi connectivity index (χ3n) is 6.47. The molecular formula is C32H17BrCl3N3O4S2. The Bertz CT molecular complexity index is 2160. The zero-order chi connectivity index (χ0) is 31.7. The fourth-order valence-corrected chi connectivity index (χ4v) is 7.76. The van der Waals surface area contributed by atoms with Crippen LogP contribution in [0.5, 0.6) is 5.75 Å². The van der Waals surface area contributed by atoms with Gasteiger partial charge in [0.2, 0.25) is 0 Å². The number of hydrogen-bond acceptors (Lipinski definition) is 7. The van der Waals surface area contributed by atoms with Gasteiger partial charge in [0, 0.05) is 46.5 Å². The van der Waals surface area contributed by atoms with Gasteiger partial charge >= 0.3 is 5.97 Å². The fraction of sp³-hybridized carbons (Fsp3) is 0. The summed E-state index contributed by atoms with van der Waals surface area (Å²) in [6.07, 6.45) is 1.37. The number of fused-ring (bicyclic) bond motifs is 2. The van der Waals surface area contributed by atoms with Crippen molar-refractivity contribution >= 4 is 123 Å². The standard InChI is InChI=1S/C32H17BrCl3N3O4S2/c33-18-7-12-23(43-32(42)29-27(36)21-3-1-2-4-24(21)44-29)17(13-18)15-37-39-30(40)16-5-9-20(10-6-16)38-31(41)28-26(35)22-11-8-19(34)14-25(22)45-28/h1-15H,(H,38,41)(H,39,40)/b37-15-. The van der Waals surface area contributed by atoms with Gasteiger partial charge in [0.1, 0.15) is 15.5 Å². The van der Waals surface area contributed by atoms with E-state index in [9.17, 15) is 14.4 Å². The van der Waals surface area contributed by atoms with Gasteiger partial charge in [-0.05, 0) is 60.7 Å². The number of rotatable bonds is 7. The van der Waals surface area contributed by atoms with Crippen molar-refractivity contribution in [3.8, 4) is 5.75 Å². The van der Waals surface area contributed by atoms with Crippen molar-refractivity contribution in [2.75, 3.05) is 5.32 Å². The van der Waals surface area contributed by atoms with Crippen LogP contribution in [0.15, 0.2) is 94.5 Å². The average Bonchev–Trinajstić information content (AvgIpc) is 3.54. The van der Waals surface area contributed by atoms with Gasteiger partial charge in [-0.1, -0.05) is 75.0 Å². The second kappa shape index (κ2) is 13.3. The Kier molecular flexibility index (Phi) is 9.23. The molecule has 0 unspecified atom stereocenters. The number of benzene rings is 4.